The zero-order chi connectivity index (χ0) is 36.8. The summed E-state index contributed by atoms with van der Waals surface area (Å²) < 4.78 is 79.4. The molecule has 2 aliphatic rings. The Hall–Kier alpha value is -3.87. The fraction of sp³-hybridized carbons (Fsp3) is 0.419. The minimum absolute atomic E-state index is 0.0279. The first-order valence-corrected chi connectivity index (χ1v) is 17.5. The predicted molar refractivity (Wildman–Crippen MR) is 175 cm³/mol. The number of alkyl halides is 3. The number of anilines is 1. The lowest BCUT2D eigenvalue weighted by molar-refractivity contribution is -0.157. The van der Waals surface area contributed by atoms with Gasteiger partial charge in [0, 0.05) is 17.6 Å². The summed E-state index contributed by atoms with van der Waals surface area (Å²) >= 11 is 6.00. The van der Waals surface area contributed by atoms with E-state index in [-0.39, 0.29) is 35.6 Å². The summed E-state index contributed by atoms with van der Waals surface area (Å²) in [6, 6.07) is 10.4. The summed E-state index contributed by atoms with van der Waals surface area (Å²) in [5.74, 6) is 5.21. The van der Waals surface area contributed by atoms with Crippen LogP contribution in [0.2, 0.25) is 5.02 Å². The van der Waals surface area contributed by atoms with Crippen LogP contribution in [0, 0.1) is 0 Å². The molecule has 5 atom stereocenters. The van der Waals surface area contributed by atoms with E-state index in [2.05, 4.69) is 20.0 Å². The van der Waals surface area contributed by atoms with Gasteiger partial charge in [0.25, 0.3) is 0 Å². The number of nitrogens with one attached hydrogen (secondary N) is 1. The molecular weight excluding hydrogens is 722 g/mol. The average molecular weight is 756 g/mol. The van der Waals surface area contributed by atoms with Crippen molar-refractivity contribution < 1.29 is 51.3 Å². The highest BCUT2D eigenvalue weighted by molar-refractivity contribution is 7.52. The van der Waals surface area contributed by atoms with Crippen molar-refractivity contribution in [3.05, 3.63) is 77.3 Å². The van der Waals surface area contributed by atoms with Crippen LogP contribution in [-0.4, -0.2) is 72.7 Å². The quantitative estimate of drug-likeness (QED) is 0.0692. The number of benzene rings is 2. The van der Waals surface area contributed by atoms with Gasteiger partial charge in [0.2, 0.25) is 0 Å². The smallest absolute Gasteiger partial charge is 0.459 e. The lowest BCUT2D eigenvalue weighted by Gasteiger charge is -2.41. The fourth-order valence-corrected chi connectivity index (χ4v) is 7.76. The van der Waals surface area contributed by atoms with Gasteiger partial charge in [0.1, 0.15) is 42.0 Å². The van der Waals surface area contributed by atoms with Crippen molar-refractivity contribution in [2.45, 2.75) is 68.5 Å². The van der Waals surface area contributed by atoms with Crippen LogP contribution in [0.15, 0.2) is 61.2 Å². The Labute approximate surface area is 294 Å². The predicted octanol–water partition coefficient (Wildman–Crippen LogP) is 4.28. The number of aromatic nitrogens is 4. The van der Waals surface area contributed by atoms with E-state index in [0.717, 1.165) is 6.07 Å². The van der Waals surface area contributed by atoms with Gasteiger partial charge in [-0.25, -0.2) is 25.4 Å². The van der Waals surface area contributed by atoms with Gasteiger partial charge in [-0.05, 0) is 56.5 Å². The Balaban J connectivity index is 1.23. The molecule has 274 valence electrons. The van der Waals surface area contributed by atoms with E-state index >= 15 is 0 Å². The molecule has 1 saturated carbocycles. The summed E-state index contributed by atoms with van der Waals surface area (Å²) in [6.07, 6.45) is -5.62. The summed E-state index contributed by atoms with van der Waals surface area (Å²) in [5, 5.41) is 26.8. The first-order chi connectivity index (χ1) is 24.0. The molecule has 1 aliphatic carbocycles. The van der Waals surface area contributed by atoms with Crippen LogP contribution in [-0.2, 0) is 36.1 Å². The van der Waals surface area contributed by atoms with Gasteiger partial charge in [-0.2, -0.15) is 18.3 Å². The van der Waals surface area contributed by atoms with E-state index in [0.29, 0.717) is 17.0 Å². The highest BCUT2D eigenvalue weighted by atomic mass is 35.5. The second-order valence-electron chi connectivity index (χ2n) is 12.4. The van der Waals surface area contributed by atoms with Crippen molar-refractivity contribution in [1.29, 1.82) is 0 Å². The molecule has 2 aromatic heterocycles. The van der Waals surface area contributed by atoms with Crippen LogP contribution in [0.4, 0.5) is 19.0 Å². The van der Waals surface area contributed by atoms with Crippen molar-refractivity contribution in [3.63, 3.8) is 0 Å². The number of halogens is 4. The molecule has 0 amide bonds. The number of carbonyl (C=O) groups is 1. The molecular formula is C31H34ClF3N7O8P. The number of aliphatic hydroxyl groups excluding tert-OH is 1. The molecule has 4 aromatic rings. The number of hydrogen-bond acceptors (Lipinski definition) is 13. The highest BCUT2D eigenvalue weighted by Crippen LogP contribution is 2.52. The number of carbonyl (C=O) groups excluding carboxylic acids is 1. The number of hydrazine groups is 1. The third-order valence-electron chi connectivity index (χ3n) is 8.76. The molecule has 1 aliphatic heterocycles. The summed E-state index contributed by atoms with van der Waals surface area (Å²) in [7, 11) is -3.04. The van der Waals surface area contributed by atoms with Crippen molar-refractivity contribution in [2.24, 2.45) is 5.84 Å². The third-order valence-corrected chi connectivity index (χ3v) is 10.7. The van der Waals surface area contributed by atoms with E-state index in [9.17, 15) is 32.7 Å². The third kappa shape index (κ3) is 7.41. The van der Waals surface area contributed by atoms with Crippen LogP contribution in [0.25, 0.3) is 11.2 Å². The van der Waals surface area contributed by atoms with Crippen molar-refractivity contribution in [2.75, 3.05) is 18.7 Å². The van der Waals surface area contributed by atoms with E-state index in [1.165, 1.54) is 71.6 Å². The first kappa shape index (κ1) is 36.9. The average Bonchev–Trinajstić information content (AvgIpc) is 3.58. The zero-order valence-corrected chi connectivity index (χ0v) is 28.8. The maximum atomic E-state index is 14.5. The Morgan fingerprint density at radius 1 is 1.20 bits per heavy atom. The number of rotatable bonds is 12. The summed E-state index contributed by atoms with van der Waals surface area (Å²) in [4.78, 5) is 26.1. The Morgan fingerprint density at radius 3 is 2.55 bits per heavy atom. The maximum absolute atomic E-state index is 14.5. The number of aliphatic hydroxyl groups is 2. The number of imidazole rings is 1. The molecule has 0 bridgehead atoms. The van der Waals surface area contributed by atoms with Crippen molar-refractivity contribution in [3.8, 4) is 5.75 Å². The van der Waals surface area contributed by atoms with Gasteiger partial charge in [-0.1, -0.05) is 29.8 Å². The SMILES string of the molecule is CN(N)c1ncnc2c1ncn2C1OC(COP(=O)(NC2(C(=O)OCc3ccccc3C(F)(F)F)CCC2)Oc2ccc(Cl)cc2)[C@@H](O)[C@@]1(C)O. The van der Waals surface area contributed by atoms with Gasteiger partial charge < -0.3 is 24.2 Å². The molecule has 15 nitrogen and oxygen atoms in total. The van der Waals surface area contributed by atoms with Gasteiger partial charge in [-0.3, -0.25) is 18.9 Å². The Bertz CT molecular complexity index is 1940. The molecule has 1 saturated heterocycles. The number of esters is 1. The number of ether oxygens (including phenoxy) is 2. The minimum Gasteiger partial charge on any atom is -0.459 e. The molecule has 3 heterocycles. The maximum Gasteiger partial charge on any atom is 0.459 e. The zero-order valence-electron chi connectivity index (χ0n) is 27.2. The highest BCUT2D eigenvalue weighted by Gasteiger charge is 2.56. The van der Waals surface area contributed by atoms with E-state index in [1.54, 1.807) is 7.05 Å². The van der Waals surface area contributed by atoms with Gasteiger partial charge in [0.05, 0.1) is 18.5 Å². The number of nitrogens with two attached hydrogens (primary N) is 1. The van der Waals surface area contributed by atoms with Crippen LogP contribution in [0.1, 0.15) is 43.5 Å². The molecule has 2 fully saturated rings. The van der Waals surface area contributed by atoms with Gasteiger partial charge in [0.15, 0.2) is 23.2 Å². The molecule has 2 aromatic carbocycles. The molecule has 3 unspecified atom stereocenters. The van der Waals surface area contributed by atoms with Gasteiger partial charge >= 0.3 is 19.9 Å². The summed E-state index contributed by atoms with van der Waals surface area (Å²) in [5.41, 5.74) is -4.30. The second kappa shape index (κ2) is 13.9. The summed E-state index contributed by atoms with van der Waals surface area (Å²) in [6.45, 7) is -0.00547. The van der Waals surface area contributed by atoms with E-state index in [4.69, 9.17) is 36.0 Å². The number of nitrogens with zero attached hydrogens (tertiary/aromatic N) is 5. The van der Waals surface area contributed by atoms with Crippen LogP contribution >= 0.6 is 19.3 Å². The lowest BCUT2D eigenvalue weighted by Crippen LogP contribution is -2.57. The van der Waals surface area contributed by atoms with E-state index < -0.39 is 68.2 Å². The van der Waals surface area contributed by atoms with Gasteiger partial charge in [-0.15, -0.1) is 0 Å². The molecule has 5 N–H and O–H groups in total. The normalized spacial score (nSPS) is 24.1. The topological polar surface area (TPSA) is 196 Å². The fourth-order valence-electron chi connectivity index (χ4n) is 5.89. The Morgan fingerprint density at radius 2 is 1.90 bits per heavy atom. The standard InChI is InChI=1S/C31H34ClF3N7O8P/c1-29(45)24(43)22(49-27(29)42-17-39-23-25(41(2)36)37-16-38-26(23)42)15-48-51(46,50-20-10-8-19(32)9-11-20)40-30(12-5-13-30)28(44)47-14-18-6-3-4-7-21(18)31(33,34)35/h3-4,6-11,16-17,22,24,27,43,45H,5,12-15,36H2,1-2H3,(H,40,46)/t22?,24-,27?,29-,51?/m1/s1. The minimum atomic E-state index is -4.68. The van der Waals surface area contributed by atoms with Crippen molar-refractivity contribution >= 4 is 42.3 Å². The number of hydrogen-bond donors (Lipinski definition) is 4. The monoisotopic (exact) mass is 755 g/mol. The molecule has 0 radical (unpaired) electrons. The van der Waals surface area contributed by atoms with Crippen LogP contribution in [0.3, 0.4) is 0 Å². The second-order valence-corrected chi connectivity index (χ2v) is 14.5. The van der Waals surface area contributed by atoms with Crippen LogP contribution < -0.4 is 20.5 Å². The Kier molecular flexibility index (Phi) is 10.1. The largest absolute Gasteiger partial charge is 0.459 e. The van der Waals surface area contributed by atoms with Crippen LogP contribution in [0.5, 0.6) is 5.75 Å². The van der Waals surface area contributed by atoms with Crippen molar-refractivity contribution in [1.82, 2.24) is 24.6 Å². The van der Waals surface area contributed by atoms with E-state index in [1.807, 2.05) is 0 Å². The molecule has 0 spiro atoms. The molecule has 6 rings (SSSR count). The molecule has 20 heteroatoms. The number of fused-ring (bicyclic) bond motifs is 1. The first-order valence-electron chi connectivity index (χ1n) is 15.6. The molecule has 51 heavy (non-hydrogen) atoms. The lowest BCUT2D eigenvalue weighted by atomic mass is 9.78.